The van der Waals surface area contributed by atoms with Crippen molar-refractivity contribution in [1.82, 2.24) is 4.98 Å². The molecule has 0 amide bonds. The van der Waals surface area contributed by atoms with Crippen molar-refractivity contribution in [2.75, 3.05) is 5.73 Å². The fourth-order valence-corrected chi connectivity index (χ4v) is 1.85. The number of nitrogens with two attached hydrogens (primary N) is 1. The molecule has 0 aliphatic heterocycles. The van der Waals surface area contributed by atoms with Gasteiger partial charge in [0.25, 0.3) is 0 Å². The van der Waals surface area contributed by atoms with Crippen molar-refractivity contribution in [3.05, 3.63) is 48.0 Å². The summed E-state index contributed by atoms with van der Waals surface area (Å²) in [6, 6.07) is 12.4. The molecule has 0 aliphatic carbocycles. The Bertz CT molecular complexity index is 731. The van der Waals surface area contributed by atoms with E-state index in [1.54, 1.807) is 36.4 Å². The Hall–Kier alpha value is -2.62. The van der Waals surface area contributed by atoms with Crippen LogP contribution in [0.25, 0.3) is 22.6 Å². The quantitative estimate of drug-likeness (QED) is 0.550. The third kappa shape index (κ3) is 1.64. The summed E-state index contributed by atoms with van der Waals surface area (Å²) in [6.45, 7) is 0. The fraction of sp³-hybridized carbons (Fsp3) is 0. The zero-order chi connectivity index (χ0) is 12.5. The number of anilines is 1. The van der Waals surface area contributed by atoms with Gasteiger partial charge in [-0.25, -0.2) is 4.98 Å². The Morgan fingerprint density at radius 1 is 1.17 bits per heavy atom. The molecule has 0 aliphatic rings. The van der Waals surface area contributed by atoms with Crippen LogP contribution in [-0.2, 0) is 0 Å². The number of nitrogens with zero attached hydrogens (tertiary/aromatic N) is 1. The van der Waals surface area contributed by atoms with Crippen LogP contribution < -0.4 is 5.73 Å². The van der Waals surface area contributed by atoms with E-state index >= 15 is 0 Å². The van der Waals surface area contributed by atoms with Crippen molar-refractivity contribution in [3.8, 4) is 11.5 Å². The van der Waals surface area contributed by atoms with Gasteiger partial charge in [0, 0.05) is 22.9 Å². The lowest BCUT2D eigenvalue weighted by Gasteiger charge is -1.97. The van der Waals surface area contributed by atoms with Crippen molar-refractivity contribution >= 4 is 23.1 Å². The van der Waals surface area contributed by atoms with E-state index in [1.807, 2.05) is 6.07 Å². The molecule has 0 bridgehead atoms. The lowest BCUT2D eigenvalue weighted by atomic mass is 10.1. The van der Waals surface area contributed by atoms with E-state index in [1.165, 1.54) is 0 Å². The van der Waals surface area contributed by atoms with Crippen molar-refractivity contribution < 1.29 is 9.21 Å². The molecule has 3 aromatic rings. The molecule has 0 atom stereocenters. The zero-order valence-corrected chi connectivity index (χ0v) is 9.46. The van der Waals surface area contributed by atoms with Crippen LogP contribution in [0.2, 0.25) is 0 Å². The number of oxazole rings is 1. The number of rotatable bonds is 2. The highest BCUT2D eigenvalue weighted by molar-refractivity contribution is 5.87. The normalized spacial score (nSPS) is 10.7. The van der Waals surface area contributed by atoms with Crippen LogP contribution in [0.4, 0.5) is 5.69 Å². The Balaban J connectivity index is 2.22. The van der Waals surface area contributed by atoms with E-state index in [-0.39, 0.29) is 0 Å². The van der Waals surface area contributed by atoms with Gasteiger partial charge in [-0.05, 0) is 18.2 Å². The third-order valence-electron chi connectivity index (χ3n) is 2.73. The lowest BCUT2D eigenvalue weighted by molar-refractivity contribution is 0.112. The number of benzene rings is 2. The topological polar surface area (TPSA) is 69.1 Å². The molecule has 2 N–H and O–H groups in total. The van der Waals surface area contributed by atoms with Gasteiger partial charge in [0.2, 0.25) is 5.89 Å². The number of fused-ring (bicyclic) bond motifs is 1. The van der Waals surface area contributed by atoms with Gasteiger partial charge in [0.05, 0.1) is 0 Å². The summed E-state index contributed by atoms with van der Waals surface area (Å²) in [5, 5.41) is 0. The van der Waals surface area contributed by atoms with Gasteiger partial charge in [-0.3, -0.25) is 4.79 Å². The van der Waals surface area contributed by atoms with Gasteiger partial charge >= 0.3 is 0 Å². The van der Waals surface area contributed by atoms with E-state index in [0.717, 1.165) is 11.8 Å². The highest BCUT2D eigenvalue weighted by Crippen LogP contribution is 2.27. The summed E-state index contributed by atoms with van der Waals surface area (Å²) < 4.78 is 5.63. The van der Waals surface area contributed by atoms with Crippen molar-refractivity contribution in [3.63, 3.8) is 0 Å². The molecular formula is C14H10N2O2. The van der Waals surface area contributed by atoms with Crippen molar-refractivity contribution in [2.24, 2.45) is 0 Å². The first-order chi connectivity index (χ1) is 8.78. The fourth-order valence-electron chi connectivity index (χ4n) is 1.85. The largest absolute Gasteiger partial charge is 0.436 e. The molecule has 2 aromatic carbocycles. The maximum absolute atomic E-state index is 11.0. The van der Waals surface area contributed by atoms with Crippen LogP contribution in [0.15, 0.2) is 46.9 Å². The van der Waals surface area contributed by atoms with Crippen LogP contribution in [0.5, 0.6) is 0 Å². The summed E-state index contributed by atoms with van der Waals surface area (Å²) in [5.41, 5.74) is 8.88. The standard InChI is InChI=1S/C14H10N2O2/c15-10-5-6-12-13(7-10)18-14(16-12)11-4-2-1-3-9(11)8-17/h1-8H,15H2. The van der Waals surface area contributed by atoms with Crippen LogP contribution >= 0.6 is 0 Å². The number of carbonyl (C=O) groups excluding carboxylic acids is 1. The van der Waals surface area contributed by atoms with Gasteiger partial charge < -0.3 is 10.2 Å². The van der Waals surface area contributed by atoms with Crippen molar-refractivity contribution in [2.45, 2.75) is 0 Å². The summed E-state index contributed by atoms with van der Waals surface area (Å²) >= 11 is 0. The second-order valence-corrected chi connectivity index (χ2v) is 3.95. The summed E-state index contributed by atoms with van der Waals surface area (Å²) in [5.74, 6) is 0.429. The lowest BCUT2D eigenvalue weighted by Crippen LogP contribution is -1.86. The Labute approximate surface area is 103 Å². The molecule has 18 heavy (non-hydrogen) atoms. The molecule has 0 saturated heterocycles. The van der Waals surface area contributed by atoms with Crippen LogP contribution in [0.1, 0.15) is 10.4 Å². The molecule has 0 fully saturated rings. The van der Waals surface area contributed by atoms with Crippen molar-refractivity contribution in [1.29, 1.82) is 0 Å². The molecule has 4 nitrogen and oxygen atoms in total. The van der Waals surface area contributed by atoms with Gasteiger partial charge in [-0.1, -0.05) is 18.2 Å². The first-order valence-electron chi connectivity index (χ1n) is 5.48. The summed E-state index contributed by atoms with van der Waals surface area (Å²) in [7, 11) is 0. The zero-order valence-electron chi connectivity index (χ0n) is 9.46. The number of aldehydes is 1. The minimum Gasteiger partial charge on any atom is -0.436 e. The molecule has 4 heteroatoms. The van der Waals surface area contributed by atoms with E-state index in [2.05, 4.69) is 4.98 Å². The summed E-state index contributed by atoms with van der Waals surface area (Å²) in [6.07, 6.45) is 0.790. The second-order valence-electron chi connectivity index (χ2n) is 3.95. The van der Waals surface area contributed by atoms with E-state index < -0.39 is 0 Å². The predicted octanol–water partition coefficient (Wildman–Crippen LogP) is 2.89. The molecule has 88 valence electrons. The van der Waals surface area contributed by atoms with Gasteiger partial charge in [0.1, 0.15) is 5.52 Å². The molecule has 0 radical (unpaired) electrons. The van der Waals surface area contributed by atoms with Crippen LogP contribution in [-0.4, -0.2) is 11.3 Å². The SMILES string of the molecule is Nc1ccc2nc(-c3ccccc3C=O)oc2c1. The number of nitrogen functional groups attached to an aromatic ring is 1. The second kappa shape index (κ2) is 4.00. The molecule has 1 heterocycles. The number of aromatic nitrogens is 1. The highest BCUT2D eigenvalue weighted by Gasteiger charge is 2.11. The maximum Gasteiger partial charge on any atom is 0.228 e. The maximum atomic E-state index is 11.0. The molecule has 0 unspecified atom stereocenters. The van der Waals surface area contributed by atoms with Gasteiger partial charge in [-0.2, -0.15) is 0 Å². The molecule has 0 spiro atoms. The number of hydrogen-bond acceptors (Lipinski definition) is 4. The first-order valence-corrected chi connectivity index (χ1v) is 5.48. The van der Waals surface area contributed by atoms with Crippen LogP contribution in [0.3, 0.4) is 0 Å². The molecule has 1 aromatic heterocycles. The average molecular weight is 238 g/mol. The third-order valence-corrected chi connectivity index (χ3v) is 2.73. The van der Waals surface area contributed by atoms with Gasteiger partial charge in [0.15, 0.2) is 11.9 Å². The van der Waals surface area contributed by atoms with Crippen LogP contribution in [0, 0.1) is 0 Å². The summed E-state index contributed by atoms with van der Waals surface area (Å²) in [4.78, 5) is 15.3. The minimum atomic E-state index is 0.429. The van der Waals surface area contributed by atoms with Gasteiger partial charge in [-0.15, -0.1) is 0 Å². The average Bonchev–Trinajstić information content (AvgIpc) is 2.81. The van der Waals surface area contributed by atoms with E-state index in [4.69, 9.17) is 10.2 Å². The molecule has 3 rings (SSSR count). The monoisotopic (exact) mass is 238 g/mol. The Morgan fingerprint density at radius 2 is 2.00 bits per heavy atom. The number of hydrogen-bond donors (Lipinski definition) is 1. The minimum absolute atomic E-state index is 0.429. The predicted molar refractivity (Wildman–Crippen MR) is 69.2 cm³/mol. The first kappa shape index (κ1) is 10.5. The van der Waals surface area contributed by atoms with E-state index in [9.17, 15) is 4.79 Å². The number of carbonyl (C=O) groups is 1. The smallest absolute Gasteiger partial charge is 0.228 e. The van der Waals surface area contributed by atoms with E-state index in [0.29, 0.717) is 28.3 Å². The Kier molecular flexibility index (Phi) is 2.34. The molecular weight excluding hydrogens is 228 g/mol. The molecule has 0 saturated carbocycles. The highest BCUT2D eigenvalue weighted by atomic mass is 16.3. The Morgan fingerprint density at radius 3 is 2.83 bits per heavy atom.